The smallest absolute Gasteiger partial charge is 0.0975 e. The Kier molecular flexibility index (Phi) is 9.70. The lowest BCUT2D eigenvalue weighted by Gasteiger charge is -2.35. The summed E-state index contributed by atoms with van der Waals surface area (Å²) >= 11 is 8.57. The summed E-state index contributed by atoms with van der Waals surface area (Å²) in [5.74, 6) is 1.16. The third-order valence-electron chi connectivity index (χ3n) is 6.68. The van der Waals surface area contributed by atoms with Crippen LogP contribution in [0.1, 0.15) is 88.3 Å². The van der Waals surface area contributed by atoms with Gasteiger partial charge in [-0.25, -0.2) is 0 Å². The standard InChI is InChI=1S/C28H40ClNOS/c1-5-12-27(31-6-2)28(3,4)18-11-7-8-15-25(23-13-9-10-14-24(23)29)30-19-16-26-22(21-30)17-20-32-26/h9-10,12-14,17,20,25H,5-8,11,15-16,18-19,21H2,1-4H3/t25-/m1/s1. The van der Waals surface area contributed by atoms with E-state index >= 15 is 0 Å². The van der Waals surface area contributed by atoms with Gasteiger partial charge in [-0.15, -0.1) is 11.3 Å². The Bertz CT molecular complexity index is 872. The van der Waals surface area contributed by atoms with Crippen molar-refractivity contribution in [2.75, 3.05) is 13.2 Å². The second kappa shape index (κ2) is 12.3. The lowest BCUT2D eigenvalue weighted by atomic mass is 9.84. The van der Waals surface area contributed by atoms with Gasteiger partial charge in [0.1, 0.15) is 0 Å². The monoisotopic (exact) mass is 473 g/mol. The number of hydrogen-bond acceptors (Lipinski definition) is 3. The van der Waals surface area contributed by atoms with Gasteiger partial charge in [-0.3, -0.25) is 4.90 Å². The van der Waals surface area contributed by atoms with Gasteiger partial charge in [-0.2, -0.15) is 0 Å². The van der Waals surface area contributed by atoms with Gasteiger partial charge in [0.2, 0.25) is 0 Å². The average Bonchev–Trinajstić information content (AvgIpc) is 3.25. The fourth-order valence-corrected chi connectivity index (χ4v) is 6.04. The Labute approximate surface area is 204 Å². The topological polar surface area (TPSA) is 12.5 Å². The van der Waals surface area contributed by atoms with Gasteiger partial charge in [-0.05, 0) is 67.3 Å². The number of rotatable bonds is 12. The molecule has 1 aliphatic rings. The summed E-state index contributed by atoms with van der Waals surface area (Å²) in [6, 6.07) is 11.1. The normalized spacial score (nSPS) is 16.1. The number of fused-ring (bicyclic) bond motifs is 1. The van der Waals surface area contributed by atoms with E-state index in [-0.39, 0.29) is 5.41 Å². The number of halogens is 1. The van der Waals surface area contributed by atoms with Crippen molar-refractivity contribution < 1.29 is 4.74 Å². The maximum atomic E-state index is 6.67. The first-order valence-corrected chi connectivity index (χ1v) is 13.6. The van der Waals surface area contributed by atoms with Gasteiger partial charge < -0.3 is 4.74 Å². The van der Waals surface area contributed by atoms with E-state index in [2.05, 4.69) is 62.3 Å². The molecule has 1 atom stereocenters. The highest BCUT2D eigenvalue weighted by molar-refractivity contribution is 7.10. The van der Waals surface area contributed by atoms with Crippen molar-refractivity contribution in [3.63, 3.8) is 0 Å². The minimum absolute atomic E-state index is 0.108. The third-order valence-corrected chi connectivity index (χ3v) is 8.05. The van der Waals surface area contributed by atoms with Crippen LogP contribution in [0.25, 0.3) is 0 Å². The lowest BCUT2D eigenvalue weighted by Crippen LogP contribution is -2.33. The largest absolute Gasteiger partial charge is 0.498 e. The number of ether oxygens (including phenoxy) is 1. The van der Waals surface area contributed by atoms with Crippen LogP contribution in [0, 0.1) is 5.41 Å². The van der Waals surface area contributed by atoms with E-state index in [1.54, 1.807) is 4.88 Å². The van der Waals surface area contributed by atoms with Gasteiger partial charge in [0, 0.05) is 34.4 Å². The van der Waals surface area contributed by atoms with Gasteiger partial charge in [0.15, 0.2) is 0 Å². The van der Waals surface area contributed by atoms with Crippen LogP contribution in [0.3, 0.4) is 0 Å². The van der Waals surface area contributed by atoms with E-state index in [1.165, 1.54) is 30.4 Å². The van der Waals surface area contributed by atoms with E-state index in [9.17, 15) is 0 Å². The number of hydrogen-bond donors (Lipinski definition) is 0. The molecular weight excluding hydrogens is 434 g/mol. The molecule has 1 aromatic carbocycles. The van der Waals surface area contributed by atoms with Crippen LogP contribution in [-0.4, -0.2) is 18.1 Å². The molecule has 3 rings (SSSR count). The minimum Gasteiger partial charge on any atom is -0.498 e. The quantitative estimate of drug-likeness (QED) is 0.225. The molecule has 0 saturated heterocycles. The number of benzene rings is 1. The summed E-state index contributed by atoms with van der Waals surface area (Å²) in [6.45, 7) is 11.8. The zero-order valence-electron chi connectivity index (χ0n) is 20.3. The third kappa shape index (κ3) is 6.62. The van der Waals surface area contributed by atoms with Crippen LogP contribution in [-0.2, 0) is 17.7 Å². The molecule has 0 unspecified atom stereocenters. The maximum absolute atomic E-state index is 6.67. The average molecular weight is 474 g/mol. The molecule has 1 aromatic heterocycles. The highest BCUT2D eigenvalue weighted by atomic mass is 35.5. The zero-order chi connectivity index (χ0) is 23.0. The summed E-state index contributed by atoms with van der Waals surface area (Å²) in [6.07, 6.45) is 10.5. The summed E-state index contributed by atoms with van der Waals surface area (Å²) < 4.78 is 5.96. The van der Waals surface area contributed by atoms with Crippen molar-refractivity contribution in [3.05, 3.63) is 68.6 Å². The number of thiophene rings is 1. The summed E-state index contributed by atoms with van der Waals surface area (Å²) in [4.78, 5) is 4.21. The van der Waals surface area contributed by atoms with Gasteiger partial charge in [0.25, 0.3) is 0 Å². The molecule has 0 N–H and O–H groups in total. The molecule has 0 amide bonds. The van der Waals surface area contributed by atoms with E-state index < -0.39 is 0 Å². The van der Waals surface area contributed by atoms with Crippen molar-refractivity contribution in [1.82, 2.24) is 4.90 Å². The fourth-order valence-electron chi connectivity index (χ4n) is 4.89. The number of unbranched alkanes of at least 4 members (excludes halogenated alkanes) is 2. The Balaban J connectivity index is 1.59. The molecule has 0 spiro atoms. The molecular formula is C28H40ClNOS. The summed E-state index contributed by atoms with van der Waals surface area (Å²) in [5.41, 5.74) is 2.90. The first-order chi connectivity index (χ1) is 15.5. The molecule has 2 nitrogen and oxygen atoms in total. The predicted octanol–water partition coefficient (Wildman–Crippen LogP) is 8.81. The van der Waals surface area contributed by atoms with Crippen molar-refractivity contribution in [3.8, 4) is 0 Å². The first kappa shape index (κ1) is 25.3. The van der Waals surface area contributed by atoms with Crippen molar-refractivity contribution in [2.45, 2.75) is 85.2 Å². The summed E-state index contributed by atoms with van der Waals surface area (Å²) in [7, 11) is 0. The highest BCUT2D eigenvalue weighted by Gasteiger charge is 2.27. The lowest BCUT2D eigenvalue weighted by molar-refractivity contribution is 0.143. The fraction of sp³-hybridized carbons (Fsp3) is 0.571. The number of allylic oxidation sites excluding steroid dienone is 2. The predicted molar refractivity (Wildman–Crippen MR) is 139 cm³/mol. The molecule has 176 valence electrons. The van der Waals surface area contributed by atoms with Gasteiger partial charge in [0.05, 0.1) is 12.4 Å². The first-order valence-electron chi connectivity index (χ1n) is 12.3. The van der Waals surface area contributed by atoms with Crippen LogP contribution in [0.5, 0.6) is 0 Å². The maximum Gasteiger partial charge on any atom is 0.0975 e. The molecule has 0 saturated carbocycles. The van der Waals surface area contributed by atoms with E-state index in [0.717, 1.165) is 56.2 Å². The highest BCUT2D eigenvalue weighted by Crippen LogP contribution is 2.37. The number of nitrogens with zero attached hydrogens (tertiary/aromatic N) is 1. The van der Waals surface area contributed by atoms with E-state index in [4.69, 9.17) is 16.3 Å². The van der Waals surface area contributed by atoms with Crippen LogP contribution in [0.4, 0.5) is 0 Å². The zero-order valence-corrected chi connectivity index (χ0v) is 21.9. The van der Waals surface area contributed by atoms with E-state index in [1.807, 2.05) is 23.5 Å². The second-order valence-corrected chi connectivity index (χ2v) is 10.9. The van der Waals surface area contributed by atoms with E-state index in [0.29, 0.717) is 6.04 Å². The molecule has 0 bridgehead atoms. The Morgan fingerprint density at radius 3 is 2.75 bits per heavy atom. The Morgan fingerprint density at radius 2 is 2.00 bits per heavy atom. The van der Waals surface area contributed by atoms with Crippen molar-refractivity contribution in [1.29, 1.82) is 0 Å². The van der Waals surface area contributed by atoms with Crippen molar-refractivity contribution >= 4 is 22.9 Å². The molecule has 4 heteroatoms. The molecule has 2 heterocycles. The molecule has 0 fully saturated rings. The van der Waals surface area contributed by atoms with Crippen LogP contribution < -0.4 is 0 Å². The molecule has 32 heavy (non-hydrogen) atoms. The Morgan fingerprint density at radius 1 is 1.19 bits per heavy atom. The molecule has 2 aromatic rings. The van der Waals surface area contributed by atoms with Gasteiger partial charge in [-0.1, -0.05) is 69.8 Å². The van der Waals surface area contributed by atoms with Crippen LogP contribution >= 0.6 is 22.9 Å². The Hall–Kier alpha value is -1.29. The van der Waals surface area contributed by atoms with Crippen LogP contribution in [0.15, 0.2) is 47.5 Å². The SMILES string of the molecule is CCC=C(OCC)C(C)(C)CCCCC[C@H](c1ccccc1Cl)N1CCc2sccc2C1. The van der Waals surface area contributed by atoms with Gasteiger partial charge >= 0.3 is 0 Å². The van der Waals surface area contributed by atoms with Crippen molar-refractivity contribution in [2.24, 2.45) is 5.41 Å². The molecule has 1 aliphatic heterocycles. The van der Waals surface area contributed by atoms with Crippen LogP contribution in [0.2, 0.25) is 5.02 Å². The minimum atomic E-state index is 0.108. The molecule has 0 aliphatic carbocycles. The second-order valence-electron chi connectivity index (χ2n) is 9.52. The summed E-state index contributed by atoms with van der Waals surface area (Å²) in [5, 5.41) is 3.14. The molecule has 0 radical (unpaired) electrons.